The first-order valence-electron chi connectivity index (χ1n) is 3.27. The average Bonchev–Trinajstić information content (AvgIpc) is 1.78. The summed E-state index contributed by atoms with van der Waals surface area (Å²) < 4.78 is 5.50. The van der Waals surface area contributed by atoms with Crippen molar-refractivity contribution in [3.8, 4) is 0 Å². The number of unbranched alkanes of at least 4 members (excludes halogenated alkanes) is 2. The molecule has 5 heteroatoms. The Morgan fingerprint density at radius 1 is 1.20 bits per heavy atom. The predicted octanol–water partition coefficient (Wildman–Crippen LogP) is 4.19. The van der Waals surface area contributed by atoms with E-state index in [0.717, 1.165) is 6.61 Å². The van der Waals surface area contributed by atoms with Crippen LogP contribution in [0.2, 0.25) is 0 Å². The van der Waals surface area contributed by atoms with Crippen LogP contribution in [0, 0.1) is 0 Å². The Labute approximate surface area is 84.7 Å². The molecule has 0 aliphatic carbocycles. The molecule has 0 saturated carbocycles. The van der Waals surface area contributed by atoms with Crippen LogP contribution in [0.5, 0.6) is 0 Å². The molecule has 0 atom stereocenters. The van der Waals surface area contributed by atoms with E-state index in [1.807, 2.05) is 0 Å². The SMILES string of the molecule is CCCCC[O][Hf]([Br])([Br])[Br]. The van der Waals surface area contributed by atoms with Gasteiger partial charge in [-0.2, -0.15) is 0 Å². The second kappa shape index (κ2) is 6.75. The molecular formula is C5H11Br3HfO. The number of rotatable bonds is 5. The molecule has 0 heterocycles. The summed E-state index contributed by atoms with van der Waals surface area (Å²) in [6.45, 7) is 3.06. The van der Waals surface area contributed by atoms with Crippen LogP contribution in [-0.2, 0) is 16.3 Å². The molecule has 0 bridgehead atoms. The van der Waals surface area contributed by atoms with Gasteiger partial charge < -0.3 is 0 Å². The molecule has 0 unspecified atom stereocenters. The molecule has 0 aromatic rings. The Balaban J connectivity index is 3.04. The topological polar surface area (TPSA) is 9.23 Å². The van der Waals surface area contributed by atoms with Crippen LogP contribution in [0.4, 0.5) is 0 Å². The van der Waals surface area contributed by atoms with Crippen LogP contribution in [0.15, 0.2) is 0 Å². The van der Waals surface area contributed by atoms with Gasteiger partial charge in [0.2, 0.25) is 0 Å². The van der Waals surface area contributed by atoms with Crippen molar-refractivity contribution in [1.82, 2.24) is 0 Å². The molecule has 0 aromatic heterocycles. The Morgan fingerprint density at radius 3 is 2.20 bits per heavy atom. The fraction of sp³-hybridized carbons (Fsp3) is 1.00. The zero-order chi connectivity index (χ0) is 8.04. The van der Waals surface area contributed by atoms with Gasteiger partial charge in [-0.3, -0.25) is 0 Å². The number of halogens is 3. The van der Waals surface area contributed by atoms with E-state index < -0.39 is 13.4 Å². The van der Waals surface area contributed by atoms with Crippen molar-refractivity contribution < 1.29 is 16.3 Å². The van der Waals surface area contributed by atoms with Crippen molar-refractivity contribution in [1.29, 1.82) is 0 Å². The van der Waals surface area contributed by atoms with E-state index in [2.05, 4.69) is 43.8 Å². The molecule has 0 aliphatic heterocycles. The summed E-state index contributed by atoms with van der Waals surface area (Å²) >= 11 is 7.87. The zero-order valence-electron chi connectivity index (χ0n) is 5.87. The minimum absolute atomic E-state index is 0.872. The van der Waals surface area contributed by atoms with Crippen molar-refractivity contribution in [3.05, 3.63) is 0 Å². The maximum absolute atomic E-state index is 5.50. The molecule has 0 spiro atoms. The second-order valence-electron chi connectivity index (χ2n) is 2.00. The average molecular weight is 505 g/mol. The van der Waals surface area contributed by atoms with Gasteiger partial charge in [-0.15, -0.1) is 0 Å². The summed E-state index contributed by atoms with van der Waals surface area (Å²) in [5.74, 6) is 0. The van der Waals surface area contributed by atoms with Gasteiger partial charge in [0.1, 0.15) is 0 Å². The van der Waals surface area contributed by atoms with E-state index >= 15 is 0 Å². The van der Waals surface area contributed by atoms with Gasteiger partial charge in [-0.1, -0.05) is 0 Å². The third kappa shape index (κ3) is 10.3. The van der Waals surface area contributed by atoms with Gasteiger partial charge in [0, 0.05) is 0 Å². The molecule has 0 amide bonds. The zero-order valence-corrected chi connectivity index (χ0v) is 14.2. The Bertz CT molecular complexity index is 83.5. The Hall–Kier alpha value is 2.27. The molecule has 1 nitrogen and oxygen atoms in total. The molecule has 10 heavy (non-hydrogen) atoms. The first-order chi connectivity index (χ1) is 4.56. The van der Waals surface area contributed by atoms with Gasteiger partial charge in [0.05, 0.1) is 0 Å². The summed E-state index contributed by atoms with van der Waals surface area (Å²) in [6, 6.07) is 0. The molecule has 0 radical (unpaired) electrons. The van der Waals surface area contributed by atoms with Crippen molar-refractivity contribution in [3.63, 3.8) is 0 Å². The first kappa shape index (κ1) is 12.3. The van der Waals surface area contributed by atoms with Gasteiger partial charge in [0.15, 0.2) is 0 Å². The van der Waals surface area contributed by atoms with E-state index in [0.29, 0.717) is 0 Å². The van der Waals surface area contributed by atoms with Crippen LogP contribution in [0.1, 0.15) is 26.2 Å². The summed E-state index contributed by atoms with van der Waals surface area (Å²) in [6.07, 6.45) is 3.68. The monoisotopic (exact) mass is 504 g/mol. The van der Waals surface area contributed by atoms with Gasteiger partial charge >= 0.3 is 86.0 Å². The molecule has 62 valence electrons. The van der Waals surface area contributed by atoms with Crippen molar-refractivity contribution in [2.24, 2.45) is 0 Å². The number of hydrogen-bond acceptors (Lipinski definition) is 1. The van der Waals surface area contributed by atoms with E-state index in [-0.39, 0.29) is 0 Å². The third-order valence-corrected chi connectivity index (χ3v) is 8.54. The third-order valence-electron chi connectivity index (χ3n) is 1.01. The molecule has 0 aromatic carbocycles. The van der Waals surface area contributed by atoms with Gasteiger partial charge in [-0.05, 0) is 0 Å². The Morgan fingerprint density at radius 2 is 1.80 bits per heavy atom. The number of hydrogen-bond donors (Lipinski definition) is 0. The van der Waals surface area contributed by atoms with Gasteiger partial charge in [-0.25, -0.2) is 0 Å². The first-order valence-corrected chi connectivity index (χ1v) is 28.3. The van der Waals surface area contributed by atoms with Crippen LogP contribution in [0.25, 0.3) is 0 Å². The molecule has 0 saturated heterocycles. The van der Waals surface area contributed by atoms with Crippen LogP contribution < -0.4 is 0 Å². The Kier molecular flexibility index (Phi) is 8.28. The van der Waals surface area contributed by atoms with Gasteiger partial charge in [0.25, 0.3) is 0 Å². The fourth-order valence-electron chi connectivity index (χ4n) is 0.540. The summed E-state index contributed by atoms with van der Waals surface area (Å²) in [7, 11) is 0. The standard InChI is InChI=1S/C5H11O.3BrH.Hf/c1-2-3-4-5-6;;;;/h2-5H2,1H3;3*1H;/q-1;;;;+4/p-3. The van der Waals surface area contributed by atoms with E-state index in [1.165, 1.54) is 19.3 Å². The molecule has 0 aliphatic rings. The van der Waals surface area contributed by atoms with Crippen molar-refractivity contribution in [2.75, 3.05) is 6.61 Å². The summed E-state index contributed by atoms with van der Waals surface area (Å²) in [5, 5.41) is 0. The predicted molar refractivity (Wildman–Crippen MR) is 52.3 cm³/mol. The van der Waals surface area contributed by atoms with Crippen LogP contribution in [0.3, 0.4) is 0 Å². The normalized spacial score (nSPS) is 12.0. The maximum atomic E-state index is 5.50. The van der Waals surface area contributed by atoms with E-state index in [1.54, 1.807) is 0 Å². The van der Waals surface area contributed by atoms with E-state index in [9.17, 15) is 0 Å². The fourth-order valence-corrected chi connectivity index (χ4v) is 5.86. The van der Waals surface area contributed by atoms with Crippen LogP contribution >= 0.6 is 36.9 Å². The summed E-state index contributed by atoms with van der Waals surface area (Å²) in [4.78, 5) is 0. The summed E-state index contributed by atoms with van der Waals surface area (Å²) in [5.41, 5.74) is 0. The molecule has 0 fully saturated rings. The van der Waals surface area contributed by atoms with Crippen LogP contribution in [-0.4, -0.2) is 6.61 Å². The van der Waals surface area contributed by atoms with Crippen molar-refractivity contribution in [2.45, 2.75) is 26.2 Å². The molecule has 0 N–H and O–H groups in total. The van der Waals surface area contributed by atoms with E-state index in [4.69, 9.17) is 2.85 Å². The minimum atomic E-state index is -2.52. The quantitative estimate of drug-likeness (QED) is 0.403. The molecule has 0 rings (SSSR count). The molecular weight excluding hydrogens is 494 g/mol. The second-order valence-corrected chi connectivity index (χ2v) is 59.8. The van der Waals surface area contributed by atoms with Crippen molar-refractivity contribution >= 4 is 36.9 Å².